The Morgan fingerprint density at radius 3 is 2.54 bits per heavy atom. The smallest absolute Gasteiger partial charge is 0.243 e. The fourth-order valence-electron chi connectivity index (χ4n) is 2.97. The Morgan fingerprint density at radius 1 is 1.29 bits per heavy atom. The van der Waals surface area contributed by atoms with Crippen molar-refractivity contribution < 1.29 is 13.2 Å². The Bertz CT molecular complexity index is 967. The summed E-state index contributed by atoms with van der Waals surface area (Å²) >= 11 is 7.44. The largest absolute Gasteiger partial charge is 0.300 e. The SMILES string of the molecule is Cc1ccc(S(=O)(=O)N2CCC(C(=O)Nc3nnc(C(C)C)s3)CC2)cc1Cl. The summed E-state index contributed by atoms with van der Waals surface area (Å²) in [6.07, 6.45) is 0.918. The first-order chi connectivity index (χ1) is 13.2. The van der Waals surface area contributed by atoms with E-state index in [1.165, 1.54) is 21.7 Å². The molecule has 2 aromatic rings. The molecule has 1 aromatic carbocycles. The molecule has 0 atom stereocenters. The standard InChI is InChI=1S/C18H23ClN4O3S2/c1-11(2)17-21-22-18(27-17)20-16(24)13-6-8-23(9-7-13)28(25,26)14-5-4-12(3)15(19)10-14/h4-5,10-11,13H,6-9H2,1-3H3,(H,20,22,24). The van der Waals surface area contributed by atoms with Gasteiger partial charge >= 0.3 is 0 Å². The van der Waals surface area contributed by atoms with Crippen LogP contribution >= 0.6 is 22.9 Å². The summed E-state index contributed by atoms with van der Waals surface area (Å²) in [6, 6.07) is 4.74. The molecule has 0 radical (unpaired) electrons. The number of hydrogen-bond acceptors (Lipinski definition) is 6. The van der Waals surface area contributed by atoms with Gasteiger partial charge in [0.15, 0.2) is 0 Å². The number of piperidine rings is 1. The van der Waals surface area contributed by atoms with Gasteiger partial charge in [0.2, 0.25) is 21.1 Å². The minimum atomic E-state index is -3.62. The van der Waals surface area contributed by atoms with E-state index < -0.39 is 10.0 Å². The van der Waals surface area contributed by atoms with E-state index in [0.717, 1.165) is 10.6 Å². The average molecular weight is 443 g/mol. The number of rotatable bonds is 5. The van der Waals surface area contributed by atoms with Crippen LogP contribution in [0.1, 0.15) is 43.2 Å². The Kier molecular flexibility index (Phi) is 6.38. The molecule has 2 heterocycles. The Hall–Kier alpha value is -1.55. The van der Waals surface area contributed by atoms with Crippen LogP contribution in [0.3, 0.4) is 0 Å². The summed E-state index contributed by atoms with van der Waals surface area (Å²) in [5, 5.41) is 12.6. The lowest BCUT2D eigenvalue weighted by Crippen LogP contribution is -2.41. The number of sulfonamides is 1. The van der Waals surface area contributed by atoms with Gasteiger partial charge in [-0.05, 0) is 37.5 Å². The van der Waals surface area contributed by atoms with Crippen molar-refractivity contribution in [3.8, 4) is 0 Å². The van der Waals surface area contributed by atoms with Crippen LogP contribution in [0, 0.1) is 12.8 Å². The summed E-state index contributed by atoms with van der Waals surface area (Å²) in [6.45, 7) is 6.44. The number of nitrogens with zero attached hydrogens (tertiary/aromatic N) is 3. The second-order valence-electron chi connectivity index (χ2n) is 7.18. The van der Waals surface area contributed by atoms with E-state index >= 15 is 0 Å². The maximum absolute atomic E-state index is 12.8. The second-order valence-corrected chi connectivity index (χ2v) is 10.5. The van der Waals surface area contributed by atoms with Crippen LogP contribution in [-0.4, -0.2) is 41.9 Å². The summed E-state index contributed by atoms with van der Waals surface area (Å²) in [5.41, 5.74) is 0.827. The Morgan fingerprint density at radius 2 is 1.96 bits per heavy atom. The van der Waals surface area contributed by atoms with Gasteiger partial charge in [-0.1, -0.05) is 42.9 Å². The highest BCUT2D eigenvalue weighted by molar-refractivity contribution is 7.89. The quantitative estimate of drug-likeness (QED) is 0.762. The number of hydrogen-bond donors (Lipinski definition) is 1. The van der Waals surface area contributed by atoms with Gasteiger partial charge in [0.1, 0.15) is 5.01 Å². The molecule has 0 bridgehead atoms. The molecular formula is C18H23ClN4O3S2. The lowest BCUT2D eigenvalue weighted by molar-refractivity contribution is -0.120. The van der Waals surface area contributed by atoms with E-state index in [-0.39, 0.29) is 22.6 Å². The van der Waals surface area contributed by atoms with Gasteiger partial charge in [0.05, 0.1) is 4.90 Å². The molecule has 152 valence electrons. The predicted molar refractivity (Wildman–Crippen MR) is 110 cm³/mol. The summed E-state index contributed by atoms with van der Waals surface area (Å²) in [5.74, 6) is -0.131. The van der Waals surface area contributed by atoms with Crippen molar-refractivity contribution in [3.63, 3.8) is 0 Å². The number of benzene rings is 1. The van der Waals surface area contributed by atoms with Crippen LogP contribution in [0.4, 0.5) is 5.13 Å². The highest BCUT2D eigenvalue weighted by Gasteiger charge is 2.32. The van der Waals surface area contributed by atoms with Crippen molar-refractivity contribution >= 4 is 44.0 Å². The minimum Gasteiger partial charge on any atom is -0.300 e. The van der Waals surface area contributed by atoms with Crippen molar-refractivity contribution in [1.29, 1.82) is 0 Å². The highest BCUT2D eigenvalue weighted by atomic mass is 35.5. The lowest BCUT2D eigenvalue weighted by Gasteiger charge is -2.30. The fraction of sp³-hybridized carbons (Fsp3) is 0.500. The van der Waals surface area contributed by atoms with Crippen LogP contribution in [0.5, 0.6) is 0 Å². The number of anilines is 1. The van der Waals surface area contributed by atoms with Gasteiger partial charge in [0.25, 0.3) is 0 Å². The number of amides is 1. The number of aryl methyl sites for hydroxylation is 1. The van der Waals surface area contributed by atoms with E-state index in [1.807, 2.05) is 20.8 Å². The fourth-order valence-corrected chi connectivity index (χ4v) is 5.46. The monoisotopic (exact) mass is 442 g/mol. The second kappa shape index (κ2) is 8.44. The van der Waals surface area contributed by atoms with Crippen LogP contribution in [-0.2, 0) is 14.8 Å². The maximum Gasteiger partial charge on any atom is 0.243 e. The van der Waals surface area contributed by atoms with Gasteiger partial charge in [-0.3, -0.25) is 4.79 Å². The van der Waals surface area contributed by atoms with Gasteiger partial charge in [-0.15, -0.1) is 10.2 Å². The average Bonchev–Trinajstić information content (AvgIpc) is 3.13. The third kappa shape index (κ3) is 4.53. The number of carbonyl (C=O) groups is 1. The zero-order chi connectivity index (χ0) is 20.5. The van der Waals surface area contributed by atoms with Crippen molar-refractivity contribution in [2.45, 2.75) is 44.4 Å². The molecule has 1 saturated heterocycles. The lowest BCUT2D eigenvalue weighted by atomic mass is 9.97. The van der Waals surface area contributed by atoms with Gasteiger partial charge in [-0.25, -0.2) is 8.42 Å². The number of halogens is 1. The van der Waals surface area contributed by atoms with E-state index in [0.29, 0.717) is 36.1 Å². The van der Waals surface area contributed by atoms with Crippen LogP contribution in [0.15, 0.2) is 23.1 Å². The topological polar surface area (TPSA) is 92.3 Å². The van der Waals surface area contributed by atoms with Crippen molar-refractivity contribution in [1.82, 2.24) is 14.5 Å². The van der Waals surface area contributed by atoms with Gasteiger partial charge in [-0.2, -0.15) is 4.31 Å². The van der Waals surface area contributed by atoms with E-state index in [4.69, 9.17) is 11.6 Å². The molecule has 0 unspecified atom stereocenters. The third-order valence-electron chi connectivity index (χ3n) is 4.77. The van der Waals surface area contributed by atoms with Crippen molar-refractivity contribution in [2.24, 2.45) is 5.92 Å². The first-order valence-electron chi connectivity index (χ1n) is 9.09. The number of nitrogens with one attached hydrogen (secondary N) is 1. The van der Waals surface area contributed by atoms with Gasteiger partial charge in [0, 0.05) is 29.9 Å². The molecule has 1 aliphatic heterocycles. The normalized spacial score (nSPS) is 16.5. The third-order valence-corrected chi connectivity index (χ3v) is 8.21. The molecule has 0 spiro atoms. The van der Waals surface area contributed by atoms with Crippen molar-refractivity contribution in [3.05, 3.63) is 33.8 Å². The van der Waals surface area contributed by atoms with Crippen LogP contribution in [0.2, 0.25) is 5.02 Å². The molecule has 1 aromatic heterocycles. The zero-order valence-corrected chi connectivity index (χ0v) is 18.4. The van der Waals surface area contributed by atoms with E-state index in [2.05, 4.69) is 15.5 Å². The molecule has 1 amide bonds. The first kappa shape index (κ1) is 21.2. The Labute approximate surface area is 174 Å². The molecule has 10 heteroatoms. The maximum atomic E-state index is 12.8. The molecule has 28 heavy (non-hydrogen) atoms. The number of aromatic nitrogens is 2. The molecule has 7 nitrogen and oxygen atoms in total. The molecule has 1 N–H and O–H groups in total. The summed E-state index contributed by atoms with van der Waals surface area (Å²) < 4.78 is 27.1. The van der Waals surface area contributed by atoms with E-state index in [9.17, 15) is 13.2 Å². The predicted octanol–water partition coefficient (Wildman–Crippen LogP) is 3.66. The van der Waals surface area contributed by atoms with Crippen LogP contribution < -0.4 is 5.32 Å². The molecule has 1 aliphatic rings. The van der Waals surface area contributed by atoms with E-state index in [1.54, 1.807) is 12.1 Å². The zero-order valence-electron chi connectivity index (χ0n) is 16.0. The Balaban J connectivity index is 1.61. The summed E-state index contributed by atoms with van der Waals surface area (Å²) in [4.78, 5) is 12.7. The molecular weight excluding hydrogens is 420 g/mol. The molecule has 0 saturated carbocycles. The van der Waals surface area contributed by atoms with Crippen molar-refractivity contribution in [2.75, 3.05) is 18.4 Å². The highest BCUT2D eigenvalue weighted by Crippen LogP contribution is 2.28. The molecule has 1 fully saturated rings. The molecule has 3 rings (SSSR count). The number of carbonyl (C=O) groups excluding carboxylic acids is 1. The first-order valence-corrected chi connectivity index (χ1v) is 11.7. The van der Waals surface area contributed by atoms with Gasteiger partial charge < -0.3 is 5.32 Å². The minimum absolute atomic E-state index is 0.137. The van der Waals surface area contributed by atoms with Crippen LogP contribution in [0.25, 0.3) is 0 Å². The molecule has 0 aliphatic carbocycles. The summed E-state index contributed by atoms with van der Waals surface area (Å²) in [7, 11) is -3.62.